The fourth-order valence-electron chi connectivity index (χ4n) is 6.78. The largest absolute Gasteiger partial charge is 0.493 e. The number of aliphatic hydroxyl groups is 1. The number of aryl methyl sites for hydroxylation is 2. The van der Waals surface area contributed by atoms with Crippen LogP contribution < -0.4 is 9.47 Å². The average molecular weight is 627 g/mol. The summed E-state index contributed by atoms with van der Waals surface area (Å²) in [7, 11) is 1.67. The van der Waals surface area contributed by atoms with Gasteiger partial charge in [0.2, 0.25) is 0 Å². The molecule has 3 aromatic rings. The zero-order valence-corrected chi connectivity index (χ0v) is 28.8. The Morgan fingerprint density at radius 3 is 2.04 bits per heavy atom. The molecule has 1 aliphatic rings. The summed E-state index contributed by atoms with van der Waals surface area (Å²) in [6.07, 6.45) is 16.6. The summed E-state index contributed by atoms with van der Waals surface area (Å²) >= 11 is 0. The van der Waals surface area contributed by atoms with Gasteiger partial charge in [0.1, 0.15) is 18.1 Å². The van der Waals surface area contributed by atoms with E-state index in [1.165, 1.54) is 86.5 Å². The molecule has 0 spiro atoms. The average Bonchev–Trinajstić information content (AvgIpc) is 3.08. The summed E-state index contributed by atoms with van der Waals surface area (Å²) in [5.74, 6) is 3.39. The van der Waals surface area contributed by atoms with E-state index in [-0.39, 0.29) is 6.61 Å². The highest BCUT2D eigenvalue weighted by molar-refractivity contribution is 5.75. The second-order valence-corrected chi connectivity index (χ2v) is 13.3. The quantitative estimate of drug-likeness (QED) is 0.100. The first-order chi connectivity index (χ1) is 22.5. The maximum absolute atomic E-state index is 9.30. The van der Waals surface area contributed by atoms with E-state index >= 15 is 0 Å². The summed E-state index contributed by atoms with van der Waals surface area (Å²) in [5.41, 5.74) is 8.38. The molecule has 0 aliphatic heterocycles. The minimum atomic E-state index is -0.0236. The van der Waals surface area contributed by atoms with Crippen molar-refractivity contribution in [3.05, 3.63) is 83.9 Å². The monoisotopic (exact) mass is 626 g/mol. The molecule has 4 nitrogen and oxygen atoms in total. The standard InChI is InChI=1S/C42H58O4/c1-5-7-8-10-33-11-13-34(14-12-33)15-16-35-17-19-36(20-18-35)42-22-21-37(27-38(42)9-6-2)39-28-40(45-24-23-32(3)31-43)30-41(29-39)46-26-25-44-4/h17-22,27-30,33-34,43H,3,5-16,23-26,31H2,1-2,4H3. The van der Waals surface area contributed by atoms with Crippen LogP contribution in [-0.4, -0.2) is 38.6 Å². The number of hydrogen-bond acceptors (Lipinski definition) is 4. The number of methoxy groups -OCH3 is 1. The summed E-state index contributed by atoms with van der Waals surface area (Å²) in [5, 5.41) is 9.30. The molecule has 0 heterocycles. The van der Waals surface area contributed by atoms with E-state index in [2.05, 4.69) is 75.0 Å². The molecule has 4 heteroatoms. The van der Waals surface area contributed by atoms with Gasteiger partial charge in [-0.25, -0.2) is 0 Å². The van der Waals surface area contributed by atoms with Crippen LogP contribution in [0.5, 0.6) is 11.5 Å². The van der Waals surface area contributed by atoms with Crippen molar-refractivity contribution in [3.8, 4) is 33.8 Å². The smallest absolute Gasteiger partial charge is 0.123 e. The number of rotatable bonds is 20. The highest BCUT2D eigenvalue weighted by Crippen LogP contribution is 2.36. The lowest BCUT2D eigenvalue weighted by Gasteiger charge is -2.28. The molecule has 250 valence electrons. The fourth-order valence-corrected chi connectivity index (χ4v) is 6.78. The number of aliphatic hydroxyl groups excluding tert-OH is 1. The van der Waals surface area contributed by atoms with Gasteiger partial charge in [-0.2, -0.15) is 0 Å². The Labute approximate surface area is 279 Å². The Bertz CT molecular complexity index is 1320. The molecule has 1 aliphatic carbocycles. The maximum atomic E-state index is 9.30. The van der Waals surface area contributed by atoms with Crippen LogP contribution in [0.3, 0.4) is 0 Å². The molecule has 0 atom stereocenters. The first-order valence-corrected chi connectivity index (χ1v) is 17.9. The maximum Gasteiger partial charge on any atom is 0.123 e. The topological polar surface area (TPSA) is 47.9 Å². The fraction of sp³-hybridized carbons (Fsp3) is 0.524. The molecular formula is C42H58O4. The minimum Gasteiger partial charge on any atom is -0.493 e. The van der Waals surface area contributed by atoms with Gasteiger partial charge < -0.3 is 19.3 Å². The molecule has 1 N–H and O–H groups in total. The summed E-state index contributed by atoms with van der Waals surface area (Å²) in [6, 6.07) is 22.2. The van der Waals surface area contributed by atoms with Crippen molar-refractivity contribution in [2.45, 2.75) is 97.3 Å². The Kier molecular flexibility index (Phi) is 15.2. The molecule has 46 heavy (non-hydrogen) atoms. The Morgan fingerprint density at radius 2 is 1.39 bits per heavy atom. The van der Waals surface area contributed by atoms with Crippen molar-refractivity contribution in [3.63, 3.8) is 0 Å². The third-order valence-electron chi connectivity index (χ3n) is 9.63. The van der Waals surface area contributed by atoms with Gasteiger partial charge in [-0.05, 0) is 82.2 Å². The van der Waals surface area contributed by atoms with E-state index in [1.54, 1.807) is 7.11 Å². The van der Waals surface area contributed by atoms with Crippen LogP contribution in [-0.2, 0) is 17.6 Å². The molecule has 0 aromatic heterocycles. The lowest BCUT2D eigenvalue weighted by Crippen LogP contribution is -2.15. The molecule has 4 rings (SSSR count). The molecule has 0 radical (unpaired) electrons. The van der Waals surface area contributed by atoms with Crippen LogP contribution in [0, 0.1) is 11.8 Å². The van der Waals surface area contributed by atoms with Crippen molar-refractivity contribution in [2.75, 3.05) is 33.5 Å². The first kappa shape index (κ1) is 35.8. The predicted octanol–water partition coefficient (Wildman–Crippen LogP) is 10.6. The van der Waals surface area contributed by atoms with Crippen molar-refractivity contribution in [1.29, 1.82) is 0 Å². The van der Waals surface area contributed by atoms with E-state index < -0.39 is 0 Å². The summed E-state index contributed by atoms with van der Waals surface area (Å²) in [6.45, 7) is 9.84. The van der Waals surface area contributed by atoms with Crippen LogP contribution in [0.15, 0.2) is 72.8 Å². The number of hydrogen-bond donors (Lipinski definition) is 1. The second kappa shape index (κ2) is 19.6. The molecule has 0 saturated heterocycles. The normalized spacial score (nSPS) is 16.3. The number of benzene rings is 3. The Hall–Kier alpha value is -3.08. The molecule has 1 saturated carbocycles. The third kappa shape index (κ3) is 11.3. The van der Waals surface area contributed by atoms with Crippen molar-refractivity contribution in [1.82, 2.24) is 0 Å². The summed E-state index contributed by atoms with van der Waals surface area (Å²) < 4.78 is 17.3. The predicted molar refractivity (Wildman–Crippen MR) is 193 cm³/mol. The number of unbranched alkanes of at least 4 members (excludes halogenated alkanes) is 2. The number of ether oxygens (including phenoxy) is 3. The lowest BCUT2D eigenvalue weighted by atomic mass is 9.78. The van der Waals surface area contributed by atoms with Crippen molar-refractivity contribution >= 4 is 0 Å². The first-order valence-electron chi connectivity index (χ1n) is 17.9. The van der Waals surface area contributed by atoms with Crippen LogP contribution in [0.25, 0.3) is 22.3 Å². The van der Waals surface area contributed by atoms with E-state index in [0.717, 1.165) is 52.9 Å². The van der Waals surface area contributed by atoms with Crippen LogP contribution in [0.4, 0.5) is 0 Å². The highest BCUT2D eigenvalue weighted by Gasteiger charge is 2.20. The molecule has 1 fully saturated rings. The third-order valence-corrected chi connectivity index (χ3v) is 9.63. The van der Waals surface area contributed by atoms with E-state index in [9.17, 15) is 5.11 Å². The Morgan fingerprint density at radius 1 is 0.717 bits per heavy atom. The van der Waals surface area contributed by atoms with Gasteiger partial charge in [0.05, 0.1) is 19.8 Å². The summed E-state index contributed by atoms with van der Waals surface area (Å²) in [4.78, 5) is 0. The van der Waals surface area contributed by atoms with Crippen LogP contribution >= 0.6 is 0 Å². The van der Waals surface area contributed by atoms with Gasteiger partial charge in [-0.1, -0.05) is 121 Å². The van der Waals surface area contributed by atoms with Gasteiger partial charge in [-0.15, -0.1) is 0 Å². The van der Waals surface area contributed by atoms with Crippen molar-refractivity contribution < 1.29 is 19.3 Å². The minimum absolute atomic E-state index is 0.0236. The Balaban J connectivity index is 1.43. The molecule has 0 unspecified atom stereocenters. The van der Waals surface area contributed by atoms with Gasteiger partial charge in [-0.3, -0.25) is 0 Å². The highest BCUT2D eigenvalue weighted by atomic mass is 16.5. The SMILES string of the molecule is C=C(CO)CCOc1cc(OCCOC)cc(-c2ccc(-c3ccc(CCC4CCC(CCCCC)CC4)cc3)c(CCC)c2)c1. The van der Waals surface area contributed by atoms with E-state index in [1.807, 2.05) is 6.07 Å². The zero-order chi connectivity index (χ0) is 32.6. The molecule has 0 bridgehead atoms. The van der Waals surface area contributed by atoms with Crippen LogP contribution in [0.2, 0.25) is 0 Å². The van der Waals surface area contributed by atoms with Gasteiger partial charge in [0.25, 0.3) is 0 Å². The van der Waals surface area contributed by atoms with E-state index in [0.29, 0.717) is 26.2 Å². The van der Waals surface area contributed by atoms with Gasteiger partial charge >= 0.3 is 0 Å². The van der Waals surface area contributed by atoms with Gasteiger partial charge in [0.15, 0.2) is 0 Å². The van der Waals surface area contributed by atoms with Crippen LogP contribution in [0.1, 0.15) is 95.6 Å². The van der Waals surface area contributed by atoms with E-state index in [4.69, 9.17) is 14.2 Å². The zero-order valence-electron chi connectivity index (χ0n) is 28.8. The molecule has 3 aromatic carbocycles. The molecule has 0 amide bonds. The van der Waals surface area contributed by atoms with Gasteiger partial charge in [0, 0.05) is 19.6 Å². The van der Waals surface area contributed by atoms with Crippen molar-refractivity contribution in [2.24, 2.45) is 11.8 Å². The second-order valence-electron chi connectivity index (χ2n) is 13.3. The molecular weight excluding hydrogens is 568 g/mol. The lowest BCUT2D eigenvalue weighted by molar-refractivity contribution is 0.146.